The average molecular weight is 295 g/mol. The molecule has 3 rings (SSSR count). The van der Waals surface area contributed by atoms with Crippen molar-refractivity contribution in [1.82, 2.24) is 4.90 Å². The summed E-state index contributed by atoms with van der Waals surface area (Å²) >= 11 is 8.10. The first kappa shape index (κ1) is 12.9. The highest BCUT2D eigenvalue weighted by Crippen LogP contribution is 2.44. The van der Waals surface area contributed by atoms with Crippen molar-refractivity contribution < 1.29 is 4.42 Å². The molecule has 0 aliphatic carbocycles. The Hall–Kier alpha value is -1.10. The Morgan fingerprint density at radius 2 is 2.37 bits per heavy atom. The van der Waals surface area contributed by atoms with Crippen molar-refractivity contribution in [3.8, 4) is 0 Å². The smallest absolute Gasteiger partial charge is 0.123 e. The minimum atomic E-state index is 0.119. The molecule has 2 atom stereocenters. The summed E-state index contributed by atoms with van der Waals surface area (Å²) in [4.78, 5) is 3.28. The van der Waals surface area contributed by atoms with E-state index >= 15 is 0 Å². The molecule has 0 saturated heterocycles. The third-order valence-electron chi connectivity index (χ3n) is 3.17. The normalized spacial score (nSPS) is 23.6. The van der Waals surface area contributed by atoms with Gasteiger partial charge in [-0.15, -0.1) is 11.8 Å². The molecule has 2 N–H and O–H groups in total. The number of hydrogen-bond donors (Lipinski definition) is 1. The van der Waals surface area contributed by atoms with Crippen molar-refractivity contribution in [2.75, 3.05) is 0 Å². The molecule has 3 heterocycles. The molecule has 0 radical (unpaired) electrons. The van der Waals surface area contributed by atoms with E-state index in [1.165, 1.54) is 4.91 Å². The van der Waals surface area contributed by atoms with E-state index in [2.05, 4.69) is 17.1 Å². The first-order chi connectivity index (χ1) is 9.15. The van der Waals surface area contributed by atoms with Gasteiger partial charge < -0.3 is 15.1 Å². The summed E-state index contributed by atoms with van der Waals surface area (Å²) in [5.41, 5.74) is 7.12. The molecular weight excluding hydrogens is 280 g/mol. The lowest BCUT2D eigenvalue weighted by Crippen LogP contribution is -2.26. The van der Waals surface area contributed by atoms with Crippen LogP contribution >= 0.6 is 23.4 Å². The Morgan fingerprint density at radius 1 is 1.53 bits per heavy atom. The maximum Gasteiger partial charge on any atom is 0.123 e. The van der Waals surface area contributed by atoms with Gasteiger partial charge in [-0.3, -0.25) is 0 Å². The lowest BCUT2D eigenvalue weighted by molar-refractivity contribution is 0.385. The van der Waals surface area contributed by atoms with Crippen molar-refractivity contribution in [2.24, 2.45) is 5.73 Å². The molecule has 0 bridgehead atoms. The topological polar surface area (TPSA) is 42.4 Å². The van der Waals surface area contributed by atoms with E-state index in [1.54, 1.807) is 18.0 Å². The zero-order valence-electron chi connectivity index (χ0n) is 10.5. The number of halogens is 1. The van der Waals surface area contributed by atoms with E-state index in [0.29, 0.717) is 17.0 Å². The number of rotatable bonds is 3. The van der Waals surface area contributed by atoms with Crippen LogP contribution in [0.2, 0.25) is 0 Å². The molecule has 5 heteroatoms. The SMILES string of the molecule is C[C@H](N)C1C=C2C(=CC=C(Cl)N2Cc2ccco2)S1. The van der Waals surface area contributed by atoms with E-state index in [-0.39, 0.29) is 6.04 Å². The third kappa shape index (κ3) is 2.48. The molecule has 0 amide bonds. The first-order valence-corrected chi connectivity index (χ1v) is 7.43. The zero-order chi connectivity index (χ0) is 13.4. The largest absolute Gasteiger partial charge is 0.467 e. The van der Waals surface area contributed by atoms with Crippen LogP contribution < -0.4 is 5.73 Å². The second-order valence-electron chi connectivity index (χ2n) is 4.68. The predicted octanol–water partition coefficient (Wildman–Crippen LogP) is 3.41. The number of fused-ring (bicyclic) bond motifs is 1. The van der Waals surface area contributed by atoms with Crippen LogP contribution in [0, 0.1) is 0 Å². The number of nitrogens with two attached hydrogens (primary N) is 1. The fourth-order valence-corrected chi connectivity index (χ4v) is 3.52. The van der Waals surface area contributed by atoms with Gasteiger partial charge in [0.2, 0.25) is 0 Å². The number of allylic oxidation sites excluding steroid dienone is 2. The quantitative estimate of drug-likeness (QED) is 0.868. The fourth-order valence-electron chi connectivity index (χ4n) is 2.15. The number of furan rings is 1. The molecule has 1 aromatic heterocycles. The van der Waals surface area contributed by atoms with Gasteiger partial charge in [0.25, 0.3) is 0 Å². The molecule has 0 spiro atoms. The number of nitrogens with zero attached hydrogens (tertiary/aromatic N) is 1. The molecule has 1 aromatic rings. The molecule has 0 fully saturated rings. The summed E-state index contributed by atoms with van der Waals surface area (Å²) in [7, 11) is 0. The maximum absolute atomic E-state index is 6.31. The zero-order valence-corrected chi connectivity index (χ0v) is 12.1. The highest BCUT2D eigenvalue weighted by molar-refractivity contribution is 8.04. The van der Waals surface area contributed by atoms with E-state index in [0.717, 1.165) is 11.5 Å². The molecule has 0 aromatic carbocycles. The van der Waals surface area contributed by atoms with Gasteiger partial charge in [0.1, 0.15) is 10.9 Å². The van der Waals surface area contributed by atoms with E-state index in [1.807, 2.05) is 25.1 Å². The molecule has 3 nitrogen and oxygen atoms in total. The van der Waals surface area contributed by atoms with Gasteiger partial charge in [0.15, 0.2) is 0 Å². The lowest BCUT2D eigenvalue weighted by Gasteiger charge is -2.27. The first-order valence-electron chi connectivity index (χ1n) is 6.17. The van der Waals surface area contributed by atoms with Gasteiger partial charge in [0, 0.05) is 16.2 Å². The fraction of sp³-hybridized carbons (Fsp3) is 0.286. The van der Waals surface area contributed by atoms with Crippen LogP contribution in [0.15, 0.2) is 56.8 Å². The summed E-state index contributed by atoms with van der Waals surface area (Å²) < 4.78 is 5.40. The molecule has 2 aliphatic rings. The standard InChI is InChI=1S/C14H15ClN2OS/c1-9(16)13-7-11-12(19-13)4-5-14(15)17(11)8-10-3-2-6-18-10/h2-7,9,13H,8,16H2,1H3/t9-,13?/m0/s1. The lowest BCUT2D eigenvalue weighted by atomic mass is 10.1. The van der Waals surface area contributed by atoms with Crippen molar-refractivity contribution in [2.45, 2.75) is 24.8 Å². The molecule has 100 valence electrons. The van der Waals surface area contributed by atoms with E-state index < -0.39 is 0 Å². The van der Waals surface area contributed by atoms with Crippen molar-refractivity contribution in [3.05, 3.63) is 58.1 Å². The summed E-state index contributed by atoms with van der Waals surface area (Å²) in [5.74, 6) is 0.892. The van der Waals surface area contributed by atoms with Crippen LogP contribution in [0.3, 0.4) is 0 Å². The monoisotopic (exact) mass is 294 g/mol. The van der Waals surface area contributed by atoms with Gasteiger partial charge >= 0.3 is 0 Å². The molecule has 19 heavy (non-hydrogen) atoms. The summed E-state index contributed by atoms with van der Waals surface area (Å²) in [6.07, 6.45) is 7.85. The molecule has 2 aliphatic heterocycles. The minimum absolute atomic E-state index is 0.119. The molecule has 0 saturated carbocycles. The van der Waals surface area contributed by atoms with Crippen molar-refractivity contribution in [3.63, 3.8) is 0 Å². The Bertz CT molecular complexity index is 560. The minimum Gasteiger partial charge on any atom is -0.467 e. The highest BCUT2D eigenvalue weighted by atomic mass is 35.5. The van der Waals surface area contributed by atoms with E-state index in [9.17, 15) is 0 Å². The van der Waals surface area contributed by atoms with Gasteiger partial charge in [-0.25, -0.2) is 0 Å². The predicted molar refractivity (Wildman–Crippen MR) is 79.4 cm³/mol. The maximum atomic E-state index is 6.31. The third-order valence-corrected chi connectivity index (χ3v) is 4.94. The second kappa shape index (κ2) is 5.12. The van der Waals surface area contributed by atoms with Crippen LogP contribution in [0.1, 0.15) is 12.7 Å². The highest BCUT2D eigenvalue weighted by Gasteiger charge is 2.30. The Labute approximate surface area is 121 Å². The summed E-state index contributed by atoms with van der Waals surface area (Å²) in [5, 5.41) is 1.01. The van der Waals surface area contributed by atoms with Crippen LogP contribution in [-0.4, -0.2) is 16.2 Å². The molecule has 1 unspecified atom stereocenters. The molecular formula is C14H15ClN2OS. The number of thioether (sulfide) groups is 1. The van der Waals surface area contributed by atoms with Crippen LogP contribution in [0.4, 0.5) is 0 Å². The number of hydrogen-bond acceptors (Lipinski definition) is 4. The Kier molecular flexibility index (Phi) is 3.48. The average Bonchev–Trinajstić information content (AvgIpc) is 3.01. The van der Waals surface area contributed by atoms with Gasteiger partial charge in [-0.2, -0.15) is 0 Å². The van der Waals surface area contributed by atoms with Crippen molar-refractivity contribution in [1.29, 1.82) is 0 Å². The van der Waals surface area contributed by atoms with Crippen LogP contribution in [0.25, 0.3) is 0 Å². The van der Waals surface area contributed by atoms with Crippen LogP contribution in [0.5, 0.6) is 0 Å². The van der Waals surface area contributed by atoms with Gasteiger partial charge in [-0.1, -0.05) is 11.6 Å². The van der Waals surface area contributed by atoms with Gasteiger partial charge in [0.05, 0.1) is 18.5 Å². The second-order valence-corrected chi connectivity index (χ2v) is 6.29. The van der Waals surface area contributed by atoms with Gasteiger partial charge in [-0.05, 0) is 37.3 Å². The summed E-state index contributed by atoms with van der Waals surface area (Å²) in [6.45, 7) is 2.66. The summed E-state index contributed by atoms with van der Waals surface area (Å²) in [6, 6.07) is 3.96. The van der Waals surface area contributed by atoms with E-state index in [4.69, 9.17) is 21.8 Å². The Morgan fingerprint density at radius 3 is 3.05 bits per heavy atom. The van der Waals surface area contributed by atoms with Crippen LogP contribution in [-0.2, 0) is 6.54 Å². The Balaban J connectivity index is 1.88. The van der Waals surface area contributed by atoms with Crippen molar-refractivity contribution >= 4 is 23.4 Å².